The van der Waals surface area contributed by atoms with Gasteiger partial charge in [-0.1, -0.05) is 60.7 Å². The van der Waals surface area contributed by atoms with E-state index in [1.165, 1.54) is 12.1 Å². The zero-order chi connectivity index (χ0) is 20.7. The van der Waals surface area contributed by atoms with Crippen molar-refractivity contribution in [2.75, 3.05) is 4.90 Å². The number of aromatic amines is 1. The summed E-state index contributed by atoms with van der Waals surface area (Å²) in [5, 5.41) is 18.7. The minimum atomic E-state index is -0.538. The van der Waals surface area contributed by atoms with Crippen LogP contribution in [-0.2, 0) is 0 Å². The van der Waals surface area contributed by atoms with E-state index in [0.717, 1.165) is 11.1 Å². The molecule has 30 heavy (non-hydrogen) atoms. The standard InChI is InChI=1S/C23H16N4O3/c28-23-21-19(20(24-25-21)15-8-3-1-4-9-15)22(26(23)17-11-5-2-6-12-17)16-10-7-13-18(14-16)27(29)30/h1-14,22H,(H,24,25)/t22-/m1/s1. The van der Waals surface area contributed by atoms with Crippen molar-refractivity contribution >= 4 is 17.3 Å². The summed E-state index contributed by atoms with van der Waals surface area (Å²) < 4.78 is 0. The highest BCUT2D eigenvalue weighted by Crippen LogP contribution is 2.45. The summed E-state index contributed by atoms with van der Waals surface area (Å²) in [5.74, 6) is -0.220. The maximum atomic E-state index is 13.4. The maximum absolute atomic E-state index is 13.4. The molecule has 2 heterocycles. The lowest BCUT2D eigenvalue weighted by Gasteiger charge is -2.26. The molecule has 4 aromatic rings. The average Bonchev–Trinajstić information content (AvgIpc) is 3.34. The Morgan fingerprint density at radius 2 is 1.63 bits per heavy atom. The van der Waals surface area contributed by atoms with Gasteiger partial charge in [0, 0.05) is 28.9 Å². The number of H-pyrrole nitrogens is 1. The van der Waals surface area contributed by atoms with Crippen molar-refractivity contribution < 1.29 is 9.72 Å². The van der Waals surface area contributed by atoms with Crippen molar-refractivity contribution in [2.24, 2.45) is 0 Å². The summed E-state index contributed by atoms with van der Waals surface area (Å²) in [5.41, 5.74) is 3.99. The molecule has 7 nitrogen and oxygen atoms in total. The Labute approximate surface area is 171 Å². The van der Waals surface area contributed by atoms with Gasteiger partial charge in [0.05, 0.1) is 16.7 Å². The third kappa shape index (κ3) is 2.76. The van der Waals surface area contributed by atoms with Gasteiger partial charge in [-0.15, -0.1) is 0 Å². The molecule has 3 aromatic carbocycles. The van der Waals surface area contributed by atoms with Gasteiger partial charge < -0.3 is 0 Å². The number of nitrogens with zero attached hydrogens (tertiary/aromatic N) is 3. The van der Waals surface area contributed by atoms with Crippen LogP contribution < -0.4 is 4.90 Å². The Balaban J connectivity index is 1.75. The largest absolute Gasteiger partial charge is 0.295 e. The fraction of sp³-hybridized carbons (Fsp3) is 0.0435. The van der Waals surface area contributed by atoms with Crippen molar-refractivity contribution in [3.63, 3.8) is 0 Å². The molecule has 1 aliphatic rings. The van der Waals surface area contributed by atoms with Crippen molar-refractivity contribution in [2.45, 2.75) is 6.04 Å². The molecule has 146 valence electrons. The number of para-hydroxylation sites is 1. The highest BCUT2D eigenvalue weighted by atomic mass is 16.6. The van der Waals surface area contributed by atoms with Crippen LogP contribution in [0.2, 0.25) is 0 Å². The van der Waals surface area contributed by atoms with E-state index in [9.17, 15) is 14.9 Å². The number of carbonyl (C=O) groups is 1. The fourth-order valence-corrected chi connectivity index (χ4v) is 3.94. The van der Waals surface area contributed by atoms with Crippen molar-refractivity contribution in [1.29, 1.82) is 0 Å². The molecule has 1 aliphatic heterocycles. The first-order valence-electron chi connectivity index (χ1n) is 9.42. The fourth-order valence-electron chi connectivity index (χ4n) is 3.94. The van der Waals surface area contributed by atoms with E-state index in [-0.39, 0.29) is 11.6 Å². The number of rotatable bonds is 4. The Kier molecular flexibility index (Phi) is 4.14. The smallest absolute Gasteiger partial charge is 0.277 e. The zero-order valence-electron chi connectivity index (χ0n) is 15.7. The van der Waals surface area contributed by atoms with E-state index in [1.807, 2.05) is 60.7 Å². The molecule has 5 rings (SSSR count). The molecule has 0 saturated heterocycles. The SMILES string of the molecule is O=C1c2[nH]nc(-c3ccccc3)c2[C@@H](c2cccc([N+](=O)[O-])c2)N1c1ccccc1. The van der Waals surface area contributed by atoms with Crippen LogP contribution in [0, 0.1) is 10.1 Å². The molecule has 0 radical (unpaired) electrons. The summed E-state index contributed by atoms with van der Waals surface area (Å²) in [6.07, 6.45) is 0. The topological polar surface area (TPSA) is 92.1 Å². The summed E-state index contributed by atoms with van der Waals surface area (Å²) in [6, 6.07) is 24.7. The molecule has 0 spiro atoms. The lowest BCUT2D eigenvalue weighted by molar-refractivity contribution is -0.384. The van der Waals surface area contributed by atoms with Gasteiger partial charge in [0.15, 0.2) is 0 Å². The quantitative estimate of drug-likeness (QED) is 0.398. The molecule has 0 unspecified atom stereocenters. The molecule has 0 saturated carbocycles. The Morgan fingerprint density at radius 1 is 0.933 bits per heavy atom. The van der Waals surface area contributed by atoms with Gasteiger partial charge in [-0.05, 0) is 17.7 Å². The van der Waals surface area contributed by atoms with Gasteiger partial charge in [0.1, 0.15) is 5.69 Å². The number of nitro groups is 1. The van der Waals surface area contributed by atoms with E-state index < -0.39 is 11.0 Å². The van der Waals surface area contributed by atoms with E-state index >= 15 is 0 Å². The normalized spacial score (nSPS) is 15.3. The second kappa shape index (κ2) is 6.97. The van der Waals surface area contributed by atoms with Crippen molar-refractivity contribution in [1.82, 2.24) is 10.2 Å². The van der Waals surface area contributed by atoms with Crippen LogP contribution in [0.4, 0.5) is 11.4 Å². The van der Waals surface area contributed by atoms with Crippen LogP contribution in [-0.4, -0.2) is 21.0 Å². The molecule has 0 aliphatic carbocycles. The lowest BCUT2D eigenvalue weighted by atomic mass is 9.95. The molecular formula is C23H16N4O3. The van der Waals surface area contributed by atoms with Crippen LogP contribution >= 0.6 is 0 Å². The van der Waals surface area contributed by atoms with Gasteiger partial charge in [0.2, 0.25) is 0 Å². The highest BCUT2D eigenvalue weighted by Gasteiger charge is 2.43. The molecular weight excluding hydrogens is 380 g/mol. The van der Waals surface area contributed by atoms with Crippen LogP contribution in [0.25, 0.3) is 11.3 Å². The highest BCUT2D eigenvalue weighted by molar-refractivity contribution is 6.11. The number of amides is 1. The van der Waals surface area contributed by atoms with E-state index in [4.69, 9.17) is 0 Å². The number of benzene rings is 3. The van der Waals surface area contributed by atoms with E-state index in [2.05, 4.69) is 10.2 Å². The third-order valence-corrected chi connectivity index (χ3v) is 5.25. The number of non-ortho nitro benzene ring substituents is 1. The molecule has 1 atom stereocenters. The number of carbonyl (C=O) groups excluding carboxylic acids is 1. The first kappa shape index (κ1) is 17.8. The monoisotopic (exact) mass is 396 g/mol. The molecule has 7 heteroatoms. The number of hydrogen-bond acceptors (Lipinski definition) is 4. The number of nitrogens with one attached hydrogen (secondary N) is 1. The molecule has 1 aromatic heterocycles. The van der Waals surface area contributed by atoms with Gasteiger partial charge in [-0.2, -0.15) is 5.10 Å². The Bertz CT molecular complexity index is 1250. The number of nitro benzene ring substituents is 1. The van der Waals surface area contributed by atoms with E-state index in [1.54, 1.807) is 17.0 Å². The maximum Gasteiger partial charge on any atom is 0.277 e. The predicted octanol–water partition coefficient (Wildman–Crippen LogP) is 4.73. The number of hydrogen-bond donors (Lipinski definition) is 1. The van der Waals surface area contributed by atoms with E-state index in [0.29, 0.717) is 22.6 Å². The second-order valence-electron chi connectivity index (χ2n) is 6.99. The summed E-state index contributed by atoms with van der Waals surface area (Å²) in [7, 11) is 0. The summed E-state index contributed by atoms with van der Waals surface area (Å²) in [6.45, 7) is 0. The summed E-state index contributed by atoms with van der Waals surface area (Å²) >= 11 is 0. The van der Waals surface area contributed by atoms with Gasteiger partial charge in [-0.25, -0.2) is 0 Å². The number of aromatic nitrogens is 2. The second-order valence-corrected chi connectivity index (χ2v) is 6.99. The van der Waals surface area contributed by atoms with Crippen LogP contribution in [0.15, 0.2) is 84.9 Å². The predicted molar refractivity (Wildman–Crippen MR) is 112 cm³/mol. The van der Waals surface area contributed by atoms with Crippen LogP contribution in [0.3, 0.4) is 0 Å². The lowest BCUT2D eigenvalue weighted by Crippen LogP contribution is -2.29. The molecule has 0 bridgehead atoms. The van der Waals surface area contributed by atoms with Gasteiger partial charge >= 0.3 is 0 Å². The average molecular weight is 396 g/mol. The molecule has 1 N–H and O–H groups in total. The minimum absolute atomic E-state index is 0.0221. The minimum Gasteiger partial charge on any atom is -0.295 e. The van der Waals surface area contributed by atoms with Crippen LogP contribution in [0.5, 0.6) is 0 Å². The Hall–Kier alpha value is -4.26. The first-order valence-corrected chi connectivity index (χ1v) is 9.42. The molecule has 0 fully saturated rings. The third-order valence-electron chi connectivity index (χ3n) is 5.25. The number of anilines is 1. The molecule has 1 amide bonds. The zero-order valence-corrected chi connectivity index (χ0v) is 15.7. The van der Waals surface area contributed by atoms with Crippen LogP contribution in [0.1, 0.15) is 27.7 Å². The van der Waals surface area contributed by atoms with Crippen molar-refractivity contribution in [3.05, 3.63) is 112 Å². The van der Waals surface area contributed by atoms with Gasteiger partial charge in [0.25, 0.3) is 11.6 Å². The van der Waals surface area contributed by atoms with Crippen molar-refractivity contribution in [3.8, 4) is 11.3 Å². The summed E-state index contributed by atoms with van der Waals surface area (Å²) in [4.78, 5) is 26.0. The first-order chi connectivity index (χ1) is 14.6. The number of fused-ring (bicyclic) bond motifs is 1. The van der Waals surface area contributed by atoms with Gasteiger partial charge in [-0.3, -0.25) is 24.9 Å². The Morgan fingerprint density at radius 3 is 2.33 bits per heavy atom.